The van der Waals surface area contributed by atoms with E-state index in [1.165, 1.54) is 29.8 Å². The van der Waals surface area contributed by atoms with E-state index in [4.69, 9.17) is 14.5 Å². The normalized spacial score (nSPS) is 16.5. The van der Waals surface area contributed by atoms with E-state index in [2.05, 4.69) is 45.9 Å². The largest absolute Gasteiger partial charge is 0.497 e. The van der Waals surface area contributed by atoms with Crippen molar-refractivity contribution in [2.24, 2.45) is 0 Å². The van der Waals surface area contributed by atoms with Crippen LogP contribution in [-0.2, 0) is 19.5 Å². The summed E-state index contributed by atoms with van der Waals surface area (Å²) in [6.45, 7) is 2.77. The van der Waals surface area contributed by atoms with Crippen LogP contribution in [0.1, 0.15) is 35.8 Å². The van der Waals surface area contributed by atoms with Gasteiger partial charge in [-0.2, -0.15) is 0 Å². The predicted octanol–water partition coefficient (Wildman–Crippen LogP) is 4.46. The van der Waals surface area contributed by atoms with Crippen LogP contribution in [0.2, 0.25) is 0 Å². The lowest BCUT2D eigenvalue weighted by Crippen LogP contribution is -2.31. The summed E-state index contributed by atoms with van der Waals surface area (Å²) < 4.78 is 13.5. The van der Waals surface area contributed by atoms with E-state index in [1.807, 2.05) is 12.1 Å². The first-order valence-corrected chi connectivity index (χ1v) is 10.4. The number of benzene rings is 2. The molecule has 0 spiro atoms. The Balaban J connectivity index is 1.45. The van der Waals surface area contributed by atoms with Gasteiger partial charge >= 0.3 is 0 Å². The molecule has 0 saturated heterocycles. The van der Waals surface area contributed by atoms with Gasteiger partial charge in [0, 0.05) is 43.2 Å². The van der Waals surface area contributed by atoms with E-state index in [9.17, 15) is 0 Å². The van der Waals surface area contributed by atoms with Crippen molar-refractivity contribution < 1.29 is 9.47 Å². The van der Waals surface area contributed by atoms with Crippen molar-refractivity contribution in [1.29, 1.82) is 0 Å². The van der Waals surface area contributed by atoms with Crippen molar-refractivity contribution in [3.05, 3.63) is 65.5 Å². The Morgan fingerprint density at radius 1 is 1.03 bits per heavy atom. The molecule has 2 aromatic carbocycles. The Hall–Kier alpha value is -2.79. The van der Waals surface area contributed by atoms with Crippen LogP contribution >= 0.6 is 0 Å². The molecule has 5 nitrogen and oxygen atoms in total. The van der Waals surface area contributed by atoms with Crippen LogP contribution in [-0.4, -0.2) is 35.2 Å². The van der Waals surface area contributed by atoms with Gasteiger partial charge in [-0.05, 0) is 31.0 Å². The third-order valence-electron chi connectivity index (χ3n) is 5.96. The van der Waals surface area contributed by atoms with Gasteiger partial charge in [-0.15, -0.1) is 0 Å². The van der Waals surface area contributed by atoms with Crippen molar-refractivity contribution in [3.8, 4) is 22.9 Å². The van der Waals surface area contributed by atoms with Crippen molar-refractivity contribution in [3.63, 3.8) is 0 Å². The number of methoxy groups -OCH3 is 2. The number of nitrogens with zero attached hydrogens (tertiary/aromatic N) is 3. The maximum Gasteiger partial charge on any atom is 0.140 e. The molecule has 0 unspecified atom stereocenters. The molecule has 1 aliphatic heterocycles. The Labute approximate surface area is 171 Å². The standard InChI is InChI=1S/C24H27N3O2/c1-28-20-10-11-23(29-2)18(14-20)15-26-13-12-21-22(16-26)27(19-8-9-19)24(25-21)17-6-4-3-5-7-17/h3-7,10-11,14,19H,8-9,12-13,15-16H2,1-2H3. The molecule has 1 aromatic heterocycles. The second-order valence-corrected chi connectivity index (χ2v) is 7.93. The smallest absolute Gasteiger partial charge is 0.140 e. The molecule has 1 saturated carbocycles. The monoisotopic (exact) mass is 389 g/mol. The van der Waals surface area contributed by atoms with Crippen molar-refractivity contribution in [2.75, 3.05) is 20.8 Å². The molecular weight excluding hydrogens is 362 g/mol. The summed E-state index contributed by atoms with van der Waals surface area (Å²) in [7, 11) is 3.44. The van der Waals surface area contributed by atoms with Crippen molar-refractivity contribution >= 4 is 0 Å². The highest BCUT2D eigenvalue weighted by Gasteiger charge is 2.33. The summed E-state index contributed by atoms with van der Waals surface area (Å²) in [5, 5.41) is 0. The van der Waals surface area contributed by atoms with Gasteiger partial charge in [0.1, 0.15) is 17.3 Å². The number of fused-ring (bicyclic) bond motifs is 1. The highest BCUT2D eigenvalue weighted by atomic mass is 16.5. The van der Waals surface area contributed by atoms with E-state index in [1.54, 1.807) is 14.2 Å². The van der Waals surface area contributed by atoms with Crippen LogP contribution < -0.4 is 9.47 Å². The molecular formula is C24H27N3O2. The van der Waals surface area contributed by atoms with Crippen LogP contribution in [0.3, 0.4) is 0 Å². The van der Waals surface area contributed by atoms with Crippen LogP contribution in [0.4, 0.5) is 0 Å². The van der Waals surface area contributed by atoms with Gasteiger partial charge < -0.3 is 14.0 Å². The molecule has 3 aromatic rings. The molecule has 5 heteroatoms. The van der Waals surface area contributed by atoms with Gasteiger partial charge in [-0.25, -0.2) is 4.98 Å². The average Bonchev–Trinajstić information content (AvgIpc) is 3.54. The SMILES string of the molecule is COc1ccc(OC)c(CN2CCc3nc(-c4ccccc4)n(C4CC4)c3C2)c1. The molecule has 29 heavy (non-hydrogen) atoms. The fourth-order valence-electron chi connectivity index (χ4n) is 4.33. The van der Waals surface area contributed by atoms with Gasteiger partial charge in [-0.1, -0.05) is 30.3 Å². The third kappa shape index (κ3) is 3.51. The fourth-order valence-corrected chi connectivity index (χ4v) is 4.33. The van der Waals surface area contributed by atoms with Gasteiger partial charge in [0.2, 0.25) is 0 Å². The molecule has 2 heterocycles. The molecule has 1 fully saturated rings. The van der Waals surface area contributed by atoms with Gasteiger partial charge in [0.05, 0.1) is 25.6 Å². The number of aromatic nitrogens is 2. The van der Waals surface area contributed by atoms with Crippen LogP contribution in [0.5, 0.6) is 11.5 Å². The first kappa shape index (κ1) is 18.3. The number of rotatable bonds is 6. The van der Waals surface area contributed by atoms with Gasteiger partial charge in [0.15, 0.2) is 0 Å². The number of hydrogen-bond acceptors (Lipinski definition) is 4. The quantitative estimate of drug-likeness (QED) is 0.624. The fraction of sp³-hybridized carbons (Fsp3) is 0.375. The molecule has 0 amide bonds. The van der Waals surface area contributed by atoms with E-state index < -0.39 is 0 Å². The van der Waals surface area contributed by atoms with Gasteiger partial charge in [-0.3, -0.25) is 4.90 Å². The molecule has 0 atom stereocenters. The molecule has 150 valence electrons. The number of imidazole rings is 1. The lowest BCUT2D eigenvalue weighted by atomic mass is 10.1. The molecule has 0 radical (unpaired) electrons. The summed E-state index contributed by atoms with van der Waals surface area (Å²) in [5.41, 5.74) is 5.04. The van der Waals surface area contributed by atoms with Crippen molar-refractivity contribution in [2.45, 2.75) is 38.4 Å². The molecule has 0 bridgehead atoms. The minimum absolute atomic E-state index is 0.604. The average molecular weight is 389 g/mol. The lowest BCUT2D eigenvalue weighted by molar-refractivity contribution is 0.233. The zero-order valence-corrected chi connectivity index (χ0v) is 17.1. The summed E-state index contributed by atoms with van der Waals surface area (Å²) in [6, 6.07) is 17.2. The van der Waals surface area contributed by atoms with E-state index >= 15 is 0 Å². The van der Waals surface area contributed by atoms with Crippen LogP contribution in [0, 0.1) is 0 Å². The lowest BCUT2D eigenvalue weighted by Gasteiger charge is -2.28. The molecule has 5 rings (SSSR count). The molecule has 1 aliphatic carbocycles. The molecule has 2 aliphatic rings. The Bertz CT molecular complexity index is 1010. The zero-order valence-electron chi connectivity index (χ0n) is 17.1. The number of hydrogen-bond donors (Lipinski definition) is 0. The highest BCUT2D eigenvalue weighted by molar-refractivity contribution is 5.57. The topological polar surface area (TPSA) is 39.5 Å². The minimum Gasteiger partial charge on any atom is -0.497 e. The van der Waals surface area contributed by atoms with Crippen LogP contribution in [0.25, 0.3) is 11.4 Å². The maximum atomic E-state index is 5.59. The maximum absolute atomic E-state index is 5.59. The first-order chi connectivity index (χ1) is 14.3. The Morgan fingerprint density at radius 3 is 2.59 bits per heavy atom. The summed E-state index contributed by atoms with van der Waals surface area (Å²) in [6.07, 6.45) is 3.50. The summed E-state index contributed by atoms with van der Waals surface area (Å²) in [5.74, 6) is 2.92. The minimum atomic E-state index is 0.604. The Morgan fingerprint density at radius 2 is 1.86 bits per heavy atom. The first-order valence-electron chi connectivity index (χ1n) is 10.4. The predicted molar refractivity (Wildman–Crippen MR) is 113 cm³/mol. The van der Waals surface area contributed by atoms with Crippen molar-refractivity contribution in [1.82, 2.24) is 14.5 Å². The highest BCUT2D eigenvalue weighted by Crippen LogP contribution is 2.42. The number of ether oxygens (including phenoxy) is 2. The van der Waals surface area contributed by atoms with Crippen LogP contribution in [0.15, 0.2) is 48.5 Å². The van der Waals surface area contributed by atoms with Gasteiger partial charge in [0.25, 0.3) is 0 Å². The summed E-state index contributed by atoms with van der Waals surface area (Å²) >= 11 is 0. The van der Waals surface area contributed by atoms with E-state index in [0.29, 0.717) is 6.04 Å². The Kier molecular flexibility index (Phi) is 4.76. The second-order valence-electron chi connectivity index (χ2n) is 7.93. The third-order valence-corrected chi connectivity index (χ3v) is 5.96. The van der Waals surface area contributed by atoms with E-state index in [0.717, 1.165) is 48.9 Å². The van der Waals surface area contributed by atoms with E-state index in [-0.39, 0.29) is 0 Å². The second kappa shape index (κ2) is 7.56. The summed E-state index contributed by atoms with van der Waals surface area (Å²) in [4.78, 5) is 7.57. The zero-order chi connectivity index (χ0) is 19.8. The molecule has 0 N–H and O–H groups in total.